The number of hydrogen-bond donors (Lipinski definition) is 0. The summed E-state index contributed by atoms with van der Waals surface area (Å²) in [6, 6.07) is 6.47. The third kappa shape index (κ3) is 4.46. The Morgan fingerprint density at radius 1 is 1.17 bits per heavy atom. The molecule has 1 heterocycles. The third-order valence-corrected chi connectivity index (χ3v) is 4.66. The highest BCUT2D eigenvalue weighted by Gasteiger charge is 2.25. The maximum Gasteiger partial charge on any atom is 0.242 e. The van der Waals surface area contributed by atoms with Crippen LogP contribution in [0.5, 0.6) is 0 Å². The van der Waals surface area contributed by atoms with E-state index in [1.807, 2.05) is 13.8 Å². The molecule has 2 rings (SSSR count). The van der Waals surface area contributed by atoms with Gasteiger partial charge in [-0.05, 0) is 37.6 Å². The van der Waals surface area contributed by atoms with Crippen LogP contribution in [0.3, 0.4) is 0 Å². The van der Waals surface area contributed by atoms with Crippen LogP contribution >= 0.6 is 0 Å². The van der Waals surface area contributed by atoms with Crippen LogP contribution in [-0.4, -0.2) is 60.4 Å². The molecule has 0 spiro atoms. The Morgan fingerprint density at radius 2 is 1.75 bits per heavy atom. The van der Waals surface area contributed by atoms with E-state index in [9.17, 15) is 14.0 Å². The van der Waals surface area contributed by atoms with Gasteiger partial charge in [0.2, 0.25) is 11.8 Å². The Balaban J connectivity index is 1.90. The highest BCUT2D eigenvalue weighted by Crippen LogP contribution is 2.17. The molecule has 0 saturated carbocycles. The molecule has 1 unspecified atom stereocenters. The molecule has 1 saturated heterocycles. The highest BCUT2D eigenvalue weighted by molar-refractivity contribution is 5.84. The molecule has 24 heavy (non-hydrogen) atoms. The van der Waals surface area contributed by atoms with Crippen molar-refractivity contribution in [3.8, 4) is 0 Å². The van der Waals surface area contributed by atoms with E-state index in [0.717, 1.165) is 12.1 Å². The SMILES string of the molecule is CCC(C)N(CC(=O)N1CCN(c2ccc(F)cc2)CC1)C(C)=O. The van der Waals surface area contributed by atoms with Gasteiger partial charge in [-0.3, -0.25) is 9.59 Å². The minimum absolute atomic E-state index is 0.00995. The lowest BCUT2D eigenvalue weighted by Crippen LogP contribution is -2.52. The first kappa shape index (κ1) is 18.2. The summed E-state index contributed by atoms with van der Waals surface area (Å²) >= 11 is 0. The summed E-state index contributed by atoms with van der Waals surface area (Å²) < 4.78 is 13.0. The third-order valence-electron chi connectivity index (χ3n) is 4.66. The first-order valence-electron chi connectivity index (χ1n) is 8.48. The second-order valence-electron chi connectivity index (χ2n) is 6.25. The van der Waals surface area contributed by atoms with Gasteiger partial charge >= 0.3 is 0 Å². The lowest BCUT2D eigenvalue weighted by Gasteiger charge is -2.37. The average Bonchev–Trinajstić information content (AvgIpc) is 2.59. The fraction of sp³-hybridized carbons (Fsp3) is 0.556. The Morgan fingerprint density at radius 3 is 2.25 bits per heavy atom. The van der Waals surface area contributed by atoms with Crippen molar-refractivity contribution in [2.75, 3.05) is 37.6 Å². The Kier molecular flexibility index (Phi) is 6.17. The van der Waals surface area contributed by atoms with E-state index in [1.165, 1.54) is 19.1 Å². The van der Waals surface area contributed by atoms with E-state index in [4.69, 9.17) is 0 Å². The number of carbonyl (C=O) groups excluding carboxylic acids is 2. The fourth-order valence-electron chi connectivity index (χ4n) is 2.91. The molecule has 132 valence electrons. The molecule has 0 radical (unpaired) electrons. The quantitative estimate of drug-likeness (QED) is 0.828. The van der Waals surface area contributed by atoms with Crippen molar-refractivity contribution in [2.45, 2.75) is 33.2 Å². The van der Waals surface area contributed by atoms with Crippen molar-refractivity contribution in [1.29, 1.82) is 0 Å². The van der Waals surface area contributed by atoms with Crippen LogP contribution in [0.25, 0.3) is 0 Å². The second kappa shape index (κ2) is 8.13. The molecule has 1 aliphatic heterocycles. The number of nitrogens with zero attached hydrogens (tertiary/aromatic N) is 3. The standard InChI is InChI=1S/C18H26FN3O2/c1-4-14(2)22(15(3)23)13-18(24)21-11-9-20(10-12-21)17-7-5-16(19)6-8-17/h5-8,14H,4,9-13H2,1-3H3. The highest BCUT2D eigenvalue weighted by atomic mass is 19.1. The summed E-state index contributed by atoms with van der Waals surface area (Å²) in [5, 5.41) is 0. The molecule has 0 aliphatic carbocycles. The van der Waals surface area contributed by atoms with Crippen LogP contribution in [0.2, 0.25) is 0 Å². The van der Waals surface area contributed by atoms with Gasteiger partial charge in [0.1, 0.15) is 5.82 Å². The smallest absolute Gasteiger partial charge is 0.242 e. The van der Waals surface area contributed by atoms with E-state index in [1.54, 1.807) is 21.9 Å². The maximum absolute atomic E-state index is 13.0. The van der Waals surface area contributed by atoms with Gasteiger partial charge in [0.05, 0.1) is 6.54 Å². The summed E-state index contributed by atoms with van der Waals surface area (Å²) in [6.07, 6.45) is 0.825. The number of rotatable bonds is 5. The lowest BCUT2D eigenvalue weighted by molar-refractivity contribution is -0.141. The molecule has 0 bridgehead atoms. The van der Waals surface area contributed by atoms with E-state index in [0.29, 0.717) is 26.2 Å². The van der Waals surface area contributed by atoms with Gasteiger partial charge in [0.25, 0.3) is 0 Å². The molecule has 0 N–H and O–H groups in total. The van der Waals surface area contributed by atoms with Crippen molar-refractivity contribution in [2.24, 2.45) is 0 Å². The van der Waals surface area contributed by atoms with Crippen molar-refractivity contribution < 1.29 is 14.0 Å². The van der Waals surface area contributed by atoms with Gasteiger partial charge in [-0.1, -0.05) is 6.92 Å². The van der Waals surface area contributed by atoms with Crippen molar-refractivity contribution in [1.82, 2.24) is 9.80 Å². The number of halogens is 1. The fourth-order valence-corrected chi connectivity index (χ4v) is 2.91. The number of anilines is 1. The van der Waals surface area contributed by atoms with Crippen LogP contribution < -0.4 is 4.90 Å². The van der Waals surface area contributed by atoms with E-state index in [2.05, 4.69) is 4.90 Å². The number of hydrogen-bond acceptors (Lipinski definition) is 3. The molecule has 1 aromatic carbocycles. The molecule has 2 amide bonds. The molecular formula is C18H26FN3O2. The van der Waals surface area contributed by atoms with Gasteiger partial charge in [0, 0.05) is 44.8 Å². The number of carbonyl (C=O) groups is 2. The minimum Gasteiger partial charge on any atom is -0.368 e. The monoisotopic (exact) mass is 335 g/mol. The number of amides is 2. The zero-order valence-electron chi connectivity index (χ0n) is 14.7. The van der Waals surface area contributed by atoms with Gasteiger partial charge in [-0.15, -0.1) is 0 Å². The minimum atomic E-state index is -0.248. The molecule has 0 aromatic heterocycles. The van der Waals surface area contributed by atoms with Crippen molar-refractivity contribution >= 4 is 17.5 Å². The first-order chi connectivity index (χ1) is 11.4. The van der Waals surface area contributed by atoms with Gasteiger partial charge in [-0.2, -0.15) is 0 Å². The van der Waals surface area contributed by atoms with E-state index < -0.39 is 0 Å². The summed E-state index contributed by atoms with van der Waals surface area (Å²) in [5.74, 6) is -0.325. The Bertz CT molecular complexity index is 568. The van der Waals surface area contributed by atoms with Gasteiger partial charge in [-0.25, -0.2) is 4.39 Å². The average molecular weight is 335 g/mol. The lowest BCUT2D eigenvalue weighted by atomic mass is 10.2. The molecule has 1 atom stereocenters. The predicted molar refractivity (Wildman–Crippen MR) is 92.3 cm³/mol. The number of piperazine rings is 1. The zero-order valence-corrected chi connectivity index (χ0v) is 14.7. The van der Waals surface area contributed by atoms with Crippen LogP contribution in [-0.2, 0) is 9.59 Å². The van der Waals surface area contributed by atoms with Crippen LogP contribution in [0.15, 0.2) is 24.3 Å². The molecule has 1 aromatic rings. The van der Waals surface area contributed by atoms with Crippen LogP contribution in [0.4, 0.5) is 10.1 Å². The normalized spacial score (nSPS) is 16.0. The first-order valence-corrected chi connectivity index (χ1v) is 8.48. The molecule has 1 aliphatic rings. The topological polar surface area (TPSA) is 43.9 Å². The van der Waals surface area contributed by atoms with Crippen LogP contribution in [0, 0.1) is 5.82 Å². The molecule has 5 nitrogen and oxygen atoms in total. The van der Waals surface area contributed by atoms with E-state index in [-0.39, 0.29) is 30.2 Å². The molecule has 6 heteroatoms. The largest absolute Gasteiger partial charge is 0.368 e. The zero-order chi connectivity index (χ0) is 17.7. The van der Waals surface area contributed by atoms with Gasteiger partial charge in [0.15, 0.2) is 0 Å². The van der Waals surface area contributed by atoms with E-state index >= 15 is 0 Å². The molecule has 1 fully saturated rings. The van der Waals surface area contributed by atoms with Crippen molar-refractivity contribution in [3.63, 3.8) is 0 Å². The molecular weight excluding hydrogens is 309 g/mol. The predicted octanol–water partition coefficient (Wildman–Crippen LogP) is 2.12. The Hall–Kier alpha value is -2.11. The van der Waals surface area contributed by atoms with Gasteiger partial charge < -0.3 is 14.7 Å². The maximum atomic E-state index is 13.0. The number of benzene rings is 1. The second-order valence-corrected chi connectivity index (χ2v) is 6.25. The van der Waals surface area contributed by atoms with Crippen LogP contribution in [0.1, 0.15) is 27.2 Å². The summed E-state index contributed by atoms with van der Waals surface area (Å²) in [7, 11) is 0. The summed E-state index contributed by atoms with van der Waals surface area (Å²) in [6.45, 7) is 8.26. The Labute approximate surface area is 143 Å². The summed E-state index contributed by atoms with van der Waals surface area (Å²) in [5.41, 5.74) is 0.966. The summed E-state index contributed by atoms with van der Waals surface area (Å²) in [4.78, 5) is 29.8. The van der Waals surface area contributed by atoms with Crippen molar-refractivity contribution in [3.05, 3.63) is 30.1 Å².